The van der Waals surface area contributed by atoms with E-state index in [0.29, 0.717) is 31.9 Å². The van der Waals surface area contributed by atoms with Gasteiger partial charge in [0.05, 0.1) is 27.1 Å². The zero-order valence-electron chi connectivity index (χ0n) is 17.0. The van der Waals surface area contributed by atoms with Crippen LogP contribution in [0.1, 0.15) is 17.5 Å². The van der Waals surface area contributed by atoms with Gasteiger partial charge < -0.3 is 25.7 Å². The molecule has 0 spiro atoms. The van der Waals surface area contributed by atoms with E-state index < -0.39 is 5.91 Å². The Labute approximate surface area is 206 Å². The van der Waals surface area contributed by atoms with Gasteiger partial charge in [0.25, 0.3) is 5.91 Å². The summed E-state index contributed by atoms with van der Waals surface area (Å²) < 4.78 is 13.4. The number of nitrogens with zero attached hydrogens (tertiary/aromatic N) is 1. The third kappa shape index (κ3) is 7.78. The van der Waals surface area contributed by atoms with Gasteiger partial charge in [0, 0.05) is 13.0 Å². The molecule has 0 aliphatic carbocycles. The Balaban J connectivity index is 1.81. The van der Waals surface area contributed by atoms with Crippen LogP contribution in [0.3, 0.4) is 0 Å². The second-order valence-electron chi connectivity index (χ2n) is 6.58. The minimum atomic E-state index is -0.433. The predicted molar refractivity (Wildman–Crippen MR) is 131 cm³/mol. The van der Waals surface area contributed by atoms with Crippen LogP contribution in [0.2, 0.25) is 0 Å². The summed E-state index contributed by atoms with van der Waals surface area (Å²) in [6.07, 6.45) is 1.58. The third-order valence-electron chi connectivity index (χ3n) is 4.31. The van der Waals surface area contributed by atoms with Crippen molar-refractivity contribution in [2.24, 2.45) is 10.9 Å². The summed E-state index contributed by atoms with van der Waals surface area (Å²) in [6, 6.07) is 9.49. The molecule has 0 saturated carbocycles. The van der Waals surface area contributed by atoms with Crippen molar-refractivity contribution >= 4 is 59.4 Å². The summed E-state index contributed by atoms with van der Waals surface area (Å²) in [5.41, 5.74) is 7.51. The Morgan fingerprint density at radius 2 is 1.81 bits per heavy atom. The van der Waals surface area contributed by atoms with E-state index in [4.69, 9.17) is 15.2 Å². The lowest BCUT2D eigenvalue weighted by Crippen LogP contribution is -2.33. The zero-order valence-corrected chi connectivity index (χ0v) is 21.7. The minimum absolute atomic E-state index is 0.0168. The quantitative estimate of drug-likeness (QED) is 0.149. The van der Waals surface area contributed by atoms with Crippen LogP contribution in [0.15, 0.2) is 48.9 Å². The van der Waals surface area contributed by atoms with E-state index in [-0.39, 0.29) is 12.1 Å². The van der Waals surface area contributed by atoms with Crippen molar-refractivity contribution in [2.75, 3.05) is 26.8 Å². The molecule has 2 aromatic carbocycles. The number of hydrogen-bond donors (Lipinski definition) is 3. The van der Waals surface area contributed by atoms with Gasteiger partial charge in [0.2, 0.25) is 0 Å². The highest BCUT2D eigenvalue weighted by molar-refractivity contribution is 9.11. The van der Waals surface area contributed by atoms with Gasteiger partial charge in [0.15, 0.2) is 0 Å². The molecule has 10 heteroatoms. The first kappa shape index (κ1) is 25.6. The number of halogens is 3. The molecule has 0 aromatic heterocycles. The van der Waals surface area contributed by atoms with Crippen molar-refractivity contribution in [3.05, 3.63) is 54.9 Å². The van der Waals surface area contributed by atoms with Crippen molar-refractivity contribution < 1.29 is 19.5 Å². The minimum Gasteiger partial charge on any atom is -0.494 e. The van der Waals surface area contributed by atoms with Gasteiger partial charge in [-0.2, -0.15) is 0 Å². The van der Waals surface area contributed by atoms with Crippen LogP contribution in [0, 0.1) is 0 Å². The van der Waals surface area contributed by atoms with Gasteiger partial charge in [-0.25, -0.2) is 0 Å². The molecular formula is C21H24Br3N3O4. The number of rotatable bonds is 11. The monoisotopic (exact) mass is 619 g/mol. The summed E-state index contributed by atoms with van der Waals surface area (Å²) >= 11 is 10.3. The largest absolute Gasteiger partial charge is 0.494 e. The van der Waals surface area contributed by atoms with Crippen LogP contribution >= 0.6 is 47.8 Å². The van der Waals surface area contributed by atoms with Crippen LogP contribution < -0.4 is 20.5 Å². The first-order valence-corrected chi connectivity index (χ1v) is 11.9. The molecule has 168 valence electrons. The molecule has 1 amide bonds. The molecule has 0 bridgehead atoms. The van der Waals surface area contributed by atoms with E-state index in [1.165, 1.54) is 0 Å². The molecule has 0 saturated heterocycles. The lowest BCUT2D eigenvalue weighted by Gasteiger charge is -2.11. The van der Waals surface area contributed by atoms with Crippen LogP contribution in [-0.2, 0) is 17.6 Å². The third-order valence-corrected chi connectivity index (χ3v) is 6.11. The second kappa shape index (κ2) is 13.0. The van der Waals surface area contributed by atoms with Gasteiger partial charge in [0.1, 0.15) is 17.2 Å². The number of carbonyl (C=O) groups is 1. The van der Waals surface area contributed by atoms with Crippen molar-refractivity contribution in [3.63, 3.8) is 0 Å². The fourth-order valence-corrected chi connectivity index (χ4v) is 4.95. The lowest BCUT2D eigenvalue weighted by molar-refractivity contribution is -0.115. The van der Waals surface area contributed by atoms with E-state index in [1.807, 2.05) is 30.3 Å². The summed E-state index contributed by atoms with van der Waals surface area (Å²) in [7, 11) is 1.57. The Kier molecular flexibility index (Phi) is 10.8. The number of oxime groups is 1. The van der Waals surface area contributed by atoms with E-state index in [1.54, 1.807) is 7.11 Å². The number of nitrogens with one attached hydrogen (secondary N) is 1. The summed E-state index contributed by atoms with van der Waals surface area (Å²) in [5, 5.41) is 15.2. The molecule has 2 aromatic rings. The van der Waals surface area contributed by atoms with Crippen LogP contribution in [0.4, 0.5) is 0 Å². The van der Waals surface area contributed by atoms with E-state index >= 15 is 0 Å². The molecule has 0 heterocycles. The Hall–Kier alpha value is -1.62. The summed E-state index contributed by atoms with van der Waals surface area (Å²) in [5.74, 6) is 0.953. The van der Waals surface area contributed by atoms with Crippen molar-refractivity contribution in [3.8, 4) is 11.5 Å². The molecule has 0 aliphatic heterocycles. The Morgan fingerprint density at radius 1 is 1.13 bits per heavy atom. The number of amides is 1. The number of benzene rings is 2. The van der Waals surface area contributed by atoms with Crippen LogP contribution in [-0.4, -0.2) is 43.6 Å². The molecule has 0 unspecified atom stereocenters. The lowest BCUT2D eigenvalue weighted by atomic mass is 10.1. The fourth-order valence-electron chi connectivity index (χ4n) is 2.81. The van der Waals surface area contributed by atoms with E-state index in [2.05, 4.69) is 58.3 Å². The maximum atomic E-state index is 12.3. The molecular weight excluding hydrogens is 598 g/mol. The highest BCUT2D eigenvalue weighted by atomic mass is 79.9. The smallest absolute Gasteiger partial charge is 0.269 e. The van der Waals surface area contributed by atoms with Crippen LogP contribution in [0.25, 0.3) is 0 Å². The number of hydrogen-bond acceptors (Lipinski definition) is 6. The Bertz CT molecular complexity index is 915. The molecule has 4 N–H and O–H groups in total. The SMILES string of the molecule is COc1c(Br)cc(CC(=NO)C(=O)NCCCOc2ccc(CCN)cc2Br)cc1Br. The average Bonchev–Trinajstić information content (AvgIpc) is 2.73. The number of methoxy groups -OCH3 is 1. The number of nitrogens with two attached hydrogens (primary N) is 1. The molecule has 2 rings (SSSR count). The van der Waals surface area contributed by atoms with Crippen molar-refractivity contribution in [2.45, 2.75) is 19.3 Å². The molecule has 0 atom stereocenters. The van der Waals surface area contributed by atoms with Gasteiger partial charge in [-0.3, -0.25) is 4.79 Å². The first-order chi connectivity index (χ1) is 14.9. The highest BCUT2D eigenvalue weighted by Crippen LogP contribution is 2.34. The van der Waals surface area contributed by atoms with Crippen molar-refractivity contribution in [1.29, 1.82) is 0 Å². The van der Waals surface area contributed by atoms with Crippen LogP contribution in [0.5, 0.6) is 11.5 Å². The number of ether oxygens (including phenoxy) is 2. The normalized spacial score (nSPS) is 11.3. The molecule has 31 heavy (non-hydrogen) atoms. The fraction of sp³-hybridized carbons (Fsp3) is 0.333. The van der Waals surface area contributed by atoms with Crippen molar-refractivity contribution in [1.82, 2.24) is 5.32 Å². The predicted octanol–water partition coefficient (Wildman–Crippen LogP) is 4.44. The van der Waals surface area contributed by atoms with E-state index in [9.17, 15) is 10.0 Å². The maximum Gasteiger partial charge on any atom is 0.269 e. The topological polar surface area (TPSA) is 106 Å². The molecule has 0 fully saturated rings. The standard InChI is InChI=1S/C21H24Br3N3O4/c1-30-20-16(23)10-14(11-17(20)24)12-18(27-29)21(28)26-7-2-8-31-19-4-3-13(5-6-25)9-15(19)22/h3-4,9-11,29H,2,5-8,12,25H2,1H3,(H,26,28). The second-order valence-corrected chi connectivity index (χ2v) is 9.14. The number of carbonyl (C=O) groups excluding carboxylic acids is 1. The van der Waals surface area contributed by atoms with Gasteiger partial charge >= 0.3 is 0 Å². The van der Waals surface area contributed by atoms with E-state index in [0.717, 1.165) is 36.7 Å². The average molecular weight is 622 g/mol. The van der Waals surface area contributed by atoms with Gasteiger partial charge in [-0.15, -0.1) is 0 Å². The zero-order chi connectivity index (χ0) is 22.8. The summed E-state index contributed by atoms with van der Waals surface area (Å²) in [4.78, 5) is 12.3. The highest BCUT2D eigenvalue weighted by Gasteiger charge is 2.15. The van der Waals surface area contributed by atoms with Gasteiger partial charge in [-0.05, 0) is 103 Å². The molecule has 7 nitrogen and oxygen atoms in total. The first-order valence-electron chi connectivity index (χ1n) is 9.52. The summed E-state index contributed by atoms with van der Waals surface area (Å²) in [6.45, 7) is 1.41. The Morgan fingerprint density at radius 3 is 2.39 bits per heavy atom. The maximum absolute atomic E-state index is 12.3. The molecule has 0 aliphatic rings. The van der Waals surface area contributed by atoms with Gasteiger partial charge in [-0.1, -0.05) is 11.2 Å². The molecule has 0 radical (unpaired) electrons.